The first kappa shape index (κ1) is 26.8. The zero-order chi connectivity index (χ0) is 27.5. The van der Waals surface area contributed by atoms with Crippen molar-refractivity contribution in [3.8, 4) is 6.07 Å². The van der Waals surface area contributed by atoms with Crippen LogP contribution in [0.5, 0.6) is 0 Å². The van der Waals surface area contributed by atoms with Crippen LogP contribution >= 0.6 is 0 Å². The van der Waals surface area contributed by atoms with Gasteiger partial charge < -0.3 is 15.5 Å². The third-order valence-corrected chi connectivity index (χ3v) is 8.01. The molecule has 1 saturated heterocycles. The number of fused-ring (bicyclic) bond motifs is 2. The number of hydrogen-bond acceptors (Lipinski definition) is 7. The molecule has 202 valence electrons. The van der Waals surface area contributed by atoms with Gasteiger partial charge in [-0.25, -0.2) is 4.68 Å². The average Bonchev–Trinajstić information content (AvgIpc) is 3.29. The third kappa shape index (κ3) is 4.87. The van der Waals surface area contributed by atoms with Gasteiger partial charge in [-0.05, 0) is 45.9 Å². The molecule has 1 aliphatic carbocycles. The number of aryl methyl sites for hydroxylation is 1. The lowest BCUT2D eigenvalue weighted by molar-refractivity contribution is -0.176. The number of tetrazole rings is 1. The van der Waals surface area contributed by atoms with Gasteiger partial charge in [0.25, 0.3) is 0 Å². The van der Waals surface area contributed by atoms with Crippen molar-refractivity contribution in [2.45, 2.75) is 84.2 Å². The van der Waals surface area contributed by atoms with Gasteiger partial charge in [0.05, 0.1) is 6.07 Å². The topological polar surface area (TPSA) is 146 Å². The van der Waals surface area contributed by atoms with Crippen LogP contribution in [0.2, 0.25) is 0 Å². The fourth-order valence-corrected chi connectivity index (χ4v) is 5.82. The Labute approximate surface area is 212 Å². The molecule has 14 heteroatoms. The zero-order valence-corrected chi connectivity index (χ0v) is 21.3. The molecule has 0 aromatic carbocycles. The highest BCUT2D eigenvalue weighted by Crippen LogP contribution is 2.65. The Balaban J connectivity index is 1.52. The number of nitriles is 1. The van der Waals surface area contributed by atoms with E-state index in [0.29, 0.717) is 18.8 Å². The van der Waals surface area contributed by atoms with Gasteiger partial charge in [-0.1, -0.05) is 34.6 Å². The summed E-state index contributed by atoms with van der Waals surface area (Å²) < 4.78 is 40.6. The van der Waals surface area contributed by atoms with E-state index in [1.165, 1.54) is 4.90 Å². The minimum atomic E-state index is -5.16. The highest BCUT2D eigenvalue weighted by atomic mass is 19.4. The van der Waals surface area contributed by atoms with Crippen molar-refractivity contribution in [1.29, 1.82) is 5.26 Å². The third-order valence-electron chi connectivity index (χ3n) is 8.01. The lowest BCUT2D eigenvalue weighted by Gasteiger charge is -2.37. The summed E-state index contributed by atoms with van der Waals surface area (Å²) in [5, 5.41) is 25.8. The molecule has 11 nitrogen and oxygen atoms in total. The highest BCUT2D eigenvalue weighted by Gasteiger charge is 2.70. The first-order valence-corrected chi connectivity index (χ1v) is 12.2. The first-order valence-electron chi connectivity index (χ1n) is 12.2. The molecule has 2 fully saturated rings. The molecule has 37 heavy (non-hydrogen) atoms. The predicted molar refractivity (Wildman–Crippen MR) is 121 cm³/mol. The van der Waals surface area contributed by atoms with Crippen molar-refractivity contribution in [2.24, 2.45) is 22.7 Å². The number of hydrogen-bond donors (Lipinski definition) is 2. The molecule has 3 amide bonds. The van der Waals surface area contributed by atoms with Crippen LogP contribution in [-0.4, -0.2) is 73.7 Å². The summed E-state index contributed by atoms with van der Waals surface area (Å²) in [5.41, 5.74) is -1.30. The number of carbonyl (C=O) groups is 3. The normalized spacial score (nSPS) is 27.5. The SMILES string of the molecule is CC(C)(C)[C@H](NC(=O)C(F)(F)F)C(=O)N1C[C@H]2[C@@H]([C@H]1C(=O)N[C@H](C#N)C[C@@H]1CCn3nnnc31)C2(C)C. The number of carbonyl (C=O) groups excluding carboxylic acids is 3. The van der Waals surface area contributed by atoms with Crippen LogP contribution in [0.4, 0.5) is 13.2 Å². The number of alkyl halides is 3. The van der Waals surface area contributed by atoms with Gasteiger partial charge in [0.2, 0.25) is 11.8 Å². The first-order chi connectivity index (χ1) is 17.1. The van der Waals surface area contributed by atoms with Crippen LogP contribution < -0.4 is 10.6 Å². The fraction of sp³-hybridized carbons (Fsp3) is 0.783. The number of aromatic nitrogens is 4. The molecule has 1 aromatic rings. The van der Waals surface area contributed by atoms with E-state index in [2.05, 4.69) is 26.9 Å². The number of nitrogens with one attached hydrogen (secondary N) is 2. The van der Waals surface area contributed by atoms with Gasteiger partial charge in [-0.2, -0.15) is 18.4 Å². The summed E-state index contributed by atoms with van der Waals surface area (Å²) in [6.07, 6.45) is -4.17. The molecular weight excluding hydrogens is 493 g/mol. The number of amides is 3. The predicted octanol–water partition coefficient (Wildman–Crippen LogP) is 1.14. The van der Waals surface area contributed by atoms with E-state index in [0.717, 1.165) is 0 Å². The Morgan fingerprint density at radius 1 is 1.22 bits per heavy atom. The number of halogens is 3. The maximum atomic E-state index is 13.6. The summed E-state index contributed by atoms with van der Waals surface area (Å²) in [4.78, 5) is 40.1. The largest absolute Gasteiger partial charge is 0.471 e. The van der Waals surface area contributed by atoms with Crippen molar-refractivity contribution >= 4 is 17.7 Å². The van der Waals surface area contributed by atoms with E-state index in [4.69, 9.17) is 0 Å². The minimum absolute atomic E-state index is 0.0221. The monoisotopic (exact) mass is 524 g/mol. The van der Waals surface area contributed by atoms with Crippen molar-refractivity contribution in [3.63, 3.8) is 0 Å². The lowest BCUT2D eigenvalue weighted by atomic mass is 9.85. The van der Waals surface area contributed by atoms with Gasteiger partial charge in [0.1, 0.15) is 18.1 Å². The fourth-order valence-electron chi connectivity index (χ4n) is 5.82. The second-order valence-corrected chi connectivity index (χ2v) is 11.8. The van der Waals surface area contributed by atoms with Gasteiger partial charge in [-0.3, -0.25) is 14.4 Å². The Morgan fingerprint density at radius 3 is 2.49 bits per heavy atom. The molecule has 2 aliphatic heterocycles. The molecule has 0 radical (unpaired) electrons. The molecule has 2 N–H and O–H groups in total. The lowest BCUT2D eigenvalue weighted by Crippen LogP contribution is -2.61. The Kier molecular flexibility index (Phi) is 6.49. The Bertz CT molecular complexity index is 1140. The minimum Gasteiger partial charge on any atom is -0.339 e. The van der Waals surface area contributed by atoms with E-state index in [1.54, 1.807) is 25.5 Å². The van der Waals surface area contributed by atoms with E-state index in [9.17, 15) is 32.8 Å². The summed E-state index contributed by atoms with van der Waals surface area (Å²) >= 11 is 0. The molecule has 1 aromatic heterocycles. The molecular formula is C23H31F3N8O3. The van der Waals surface area contributed by atoms with Crippen LogP contribution in [0.25, 0.3) is 0 Å². The van der Waals surface area contributed by atoms with E-state index < -0.39 is 47.4 Å². The van der Waals surface area contributed by atoms with Crippen molar-refractivity contribution < 1.29 is 27.6 Å². The van der Waals surface area contributed by atoms with Crippen LogP contribution in [0.3, 0.4) is 0 Å². The van der Waals surface area contributed by atoms with Crippen LogP contribution in [-0.2, 0) is 20.9 Å². The number of piperidine rings is 1. The van der Waals surface area contributed by atoms with E-state index in [1.807, 2.05) is 19.2 Å². The molecule has 4 rings (SSSR count). The summed E-state index contributed by atoms with van der Waals surface area (Å²) in [5.74, 6) is -3.21. The number of rotatable bonds is 6. The van der Waals surface area contributed by atoms with Gasteiger partial charge >= 0.3 is 12.1 Å². The van der Waals surface area contributed by atoms with Crippen molar-refractivity contribution in [1.82, 2.24) is 35.7 Å². The maximum Gasteiger partial charge on any atom is 0.471 e. The molecule has 3 aliphatic rings. The second-order valence-electron chi connectivity index (χ2n) is 11.8. The number of nitrogens with zero attached hydrogens (tertiary/aromatic N) is 6. The van der Waals surface area contributed by atoms with Gasteiger partial charge in [0.15, 0.2) is 5.82 Å². The molecule has 6 atom stereocenters. The van der Waals surface area contributed by atoms with Gasteiger partial charge in [0, 0.05) is 19.0 Å². The summed E-state index contributed by atoms with van der Waals surface area (Å²) in [7, 11) is 0. The molecule has 1 saturated carbocycles. The van der Waals surface area contributed by atoms with E-state index in [-0.39, 0.29) is 36.1 Å². The summed E-state index contributed by atoms with van der Waals surface area (Å²) in [6, 6.07) is -1.25. The second kappa shape index (κ2) is 8.95. The molecule has 0 bridgehead atoms. The molecule has 0 spiro atoms. The van der Waals surface area contributed by atoms with E-state index >= 15 is 0 Å². The van der Waals surface area contributed by atoms with Crippen molar-refractivity contribution in [2.75, 3.05) is 6.54 Å². The zero-order valence-electron chi connectivity index (χ0n) is 21.3. The molecule has 0 unspecified atom stereocenters. The van der Waals surface area contributed by atoms with Crippen LogP contribution in [0.1, 0.15) is 59.2 Å². The number of likely N-dealkylation sites (tertiary alicyclic amines) is 1. The van der Waals surface area contributed by atoms with Crippen LogP contribution in [0.15, 0.2) is 0 Å². The van der Waals surface area contributed by atoms with Crippen molar-refractivity contribution in [3.05, 3.63) is 5.82 Å². The smallest absolute Gasteiger partial charge is 0.339 e. The quantitative estimate of drug-likeness (QED) is 0.567. The highest BCUT2D eigenvalue weighted by molar-refractivity contribution is 5.95. The Morgan fingerprint density at radius 2 is 1.89 bits per heavy atom. The van der Waals surface area contributed by atoms with Gasteiger partial charge in [-0.15, -0.1) is 5.10 Å². The molecule has 3 heterocycles. The summed E-state index contributed by atoms with van der Waals surface area (Å²) in [6.45, 7) is 9.36. The Hall–Kier alpha value is -3.24. The maximum absolute atomic E-state index is 13.6. The average molecular weight is 525 g/mol. The van der Waals surface area contributed by atoms with Crippen LogP contribution in [0, 0.1) is 34.0 Å². The standard InChI is InChI=1S/C23H31F3N8O3/c1-21(2,3)16(29-20(37)23(24,25)26)19(36)33-10-13-14(22(13,4)5)15(33)18(35)28-12(9-27)8-11-6-7-34-17(11)30-31-32-34/h11-16H,6-8,10H2,1-5H3,(H,28,35)(H,29,37)/t11-,12-,13-,14-,15-,16+/m0/s1.